The van der Waals surface area contributed by atoms with Crippen molar-refractivity contribution in [2.24, 2.45) is 0 Å². The number of rotatable bonds is 8. The molecule has 0 saturated heterocycles. The molecule has 0 radical (unpaired) electrons. The molecule has 0 unspecified atom stereocenters. The van der Waals surface area contributed by atoms with E-state index in [0.29, 0.717) is 17.3 Å². The fourth-order valence-corrected chi connectivity index (χ4v) is 4.25. The lowest BCUT2D eigenvalue weighted by Crippen LogP contribution is -2.13. The van der Waals surface area contributed by atoms with E-state index in [4.69, 9.17) is 0 Å². The number of benzene rings is 2. The fraction of sp³-hybridized carbons (Fsp3) is 0.227. The summed E-state index contributed by atoms with van der Waals surface area (Å²) in [5.41, 5.74) is 2.71. The van der Waals surface area contributed by atoms with E-state index in [1.165, 1.54) is 23.1 Å². The van der Waals surface area contributed by atoms with E-state index in [2.05, 4.69) is 15.6 Å². The van der Waals surface area contributed by atoms with Gasteiger partial charge >= 0.3 is 0 Å². The molecular weight excluding hydrogens is 402 g/mol. The molecule has 29 heavy (non-hydrogen) atoms. The van der Waals surface area contributed by atoms with E-state index in [-0.39, 0.29) is 11.8 Å². The summed E-state index contributed by atoms with van der Waals surface area (Å²) in [5.74, 6) is 0.213. The summed E-state index contributed by atoms with van der Waals surface area (Å²) in [6, 6.07) is 17.5. The Bertz CT molecular complexity index is 969. The predicted octanol–water partition coefficient (Wildman–Crippen LogP) is 5.59. The molecule has 0 aliphatic heterocycles. The highest BCUT2D eigenvalue weighted by Crippen LogP contribution is 2.30. The first-order valence-corrected chi connectivity index (χ1v) is 11.2. The summed E-state index contributed by atoms with van der Waals surface area (Å²) in [4.78, 5) is 30.5. The normalized spacial score (nSPS) is 10.6. The maximum Gasteiger partial charge on any atom is 0.236 e. The highest BCUT2D eigenvalue weighted by Gasteiger charge is 2.12. The van der Waals surface area contributed by atoms with Crippen LogP contribution >= 0.6 is 23.1 Å². The van der Waals surface area contributed by atoms with Gasteiger partial charge in [-0.25, -0.2) is 4.98 Å². The summed E-state index contributed by atoms with van der Waals surface area (Å²) in [6.07, 6.45) is 1.33. The van der Waals surface area contributed by atoms with Crippen LogP contribution in [0.2, 0.25) is 0 Å². The van der Waals surface area contributed by atoms with E-state index in [1.54, 1.807) is 0 Å². The fourth-order valence-electron chi connectivity index (χ4n) is 2.70. The Morgan fingerprint density at radius 1 is 1.00 bits per heavy atom. The second kappa shape index (κ2) is 10.2. The van der Waals surface area contributed by atoms with Gasteiger partial charge in [-0.3, -0.25) is 9.59 Å². The Labute approximate surface area is 179 Å². The van der Waals surface area contributed by atoms with Crippen molar-refractivity contribution < 1.29 is 9.59 Å². The SMILES string of the molecule is CCCC(=O)Nc1ccc(SCC(=O)Nc2nc(-c3ccccc3)c(C)s2)cc1. The van der Waals surface area contributed by atoms with Gasteiger partial charge < -0.3 is 10.6 Å². The molecule has 2 aromatic carbocycles. The van der Waals surface area contributed by atoms with Crippen LogP contribution in [0.15, 0.2) is 59.5 Å². The summed E-state index contributed by atoms with van der Waals surface area (Å²) in [5, 5.41) is 6.35. The standard InChI is InChI=1S/C22H23N3O2S2/c1-3-7-19(26)23-17-10-12-18(13-11-17)28-14-20(27)24-22-25-21(15(2)29-22)16-8-5-4-6-9-16/h4-6,8-13H,3,7,14H2,1-2H3,(H,23,26)(H,24,25,27). The van der Waals surface area contributed by atoms with Crippen LogP contribution in [0.1, 0.15) is 24.6 Å². The summed E-state index contributed by atoms with van der Waals surface area (Å²) in [6.45, 7) is 3.98. The zero-order chi connectivity index (χ0) is 20.6. The maximum atomic E-state index is 12.3. The average Bonchev–Trinajstić information content (AvgIpc) is 3.08. The molecule has 0 aliphatic carbocycles. The number of carbonyl (C=O) groups is 2. The van der Waals surface area contributed by atoms with Crippen molar-refractivity contribution in [2.75, 3.05) is 16.4 Å². The number of carbonyl (C=O) groups excluding carboxylic acids is 2. The third-order valence-electron chi connectivity index (χ3n) is 4.08. The number of aryl methyl sites for hydroxylation is 1. The van der Waals surface area contributed by atoms with Gasteiger partial charge in [-0.05, 0) is 37.6 Å². The molecule has 3 aromatic rings. The molecule has 0 saturated carbocycles. The van der Waals surface area contributed by atoms with E-state index in [1.807, 2.05) is 68.4 Å². The van der Waals surface area contributed by atoms with Gasteiger partial charge in [0.15, 0.2) is 5.13 Å². The van der Waals surface area contributed by atoms with E-state index >= 15 is 0 Å². The zero-order valence-corrected chi connectivity index (χ0v) is 18.0. The van der Waals surface area contributed by atoms with Crippen molar-refractivity contribution in [3.05, 3.63) is 59.5 Å². The van der Waals surface area contributed by atoms with Crippen LogP contribution in [-0.4, -0.2) is 22.6 Å². The van der Waals surface area contributed by atoms with Gasteiger partial charge in [0, 0.05) is 27.4 Å². The minimum Gasteiger partial charge on any atom is -0.326 e. The molecule has 2 amide bonds. The maximum absolute atomic E-state index is 12.3. The first-order valence-electron chi connectivity index (χ1n) is 9.40. The third-order valence-corrected chi connectivity index (χ3v) is 5.97. The summed E-state index contributed by atoms with van der Waals surface area (Å²) < 4.78 is 0. The van der Waals surface area contributed by atoms with Crippen LogP contribution in [0.4, 0.5) is 10.8 Å². The molecule has 0 fully saturated rings. The molecule has 2 N–H and O–H groups in total. The van der Waals surface area contributed by atoms with Crippen molar-refractivity contribution in [3.8, 4) is 11.3 Å². The van der Waals surface area contributed by atoms with Crippen LogP contribution in [0.3, 0.4) is 0 Å². The lowest BCUT2D eigenvalue weighted by atomic mass is 10.1. The minimum atomic E-state index is -0.0938. The molecule has 0 aliphatic rings. The molecule has 0 atom stereocenters. The van der Waals surface area contributed by atoms with Gasteiger partial charge in [0.1, 0.15) is 0 Å². The molecule has 5 nitrogen and oxygen atoms in total. The van der Waals surface area contributed by atoms with Crippen LogP contribution < -0.4 is 10.6 Å². The van der Waals surface area contributed by atoms with E-state index in [9.17, 15) is 9.59 Å². The molecule has 7 heteroatoms. The molecular formula is C22H23N3O2S2. The van der Waals surface area contributed by atoms with Gasteiger partial charge in [-0.2, -0.15) is 0 Å². The zero-order valence-electron chi connectivity index (χ0n) is 16.4. The molecule has 3 rings (SSSR count). The number of thioether (sulfide) groups is 1. The van der Waals surface area contributed by atoms with Crippen molar-refractivity contribution in [3.63, 3.8) is 0 Å². The second-order valence-corrected chi connectivity index (χ2v) is 8.70. The number of thiazole rings is 1. The van der Waals surface area contributed by atoms with Crippen LogP contribution in [0.25, 0.3) is 11.3 Å². The van der Waals surface area contributed by atoms with E-state index < -0.39 is 0 Å². The number of anilines is 2. The van der Waals surface area contributed by atoms with Gasteiger partial charge in [0.2, 0.25) is 11.8 Å². The highest BCUT2D eigenvalue weighted by molar-refractivity contribution is 8.00. The van der Waals surface area contributed by atoms with Crippen molar-refractivity contribution in [1.82, 2.24) is 4.98 Å². The third kappa shape index (κ3) is 6.17. The number of hydrogen-bond acceptors (Lipinski definition) is 5. The summed E-state index contributed by atoms with van der Waals surface area (Å²) in [7, 11) is 0. The molecule has 150 valence electrons. The molecule has 0 spiro atoms. The van der Waals surface area contributed by atoms with Crippen molar-refractivity contribution in [1.29, 1.82) is 0 Å². The monoisotopic (exact) mass is 425 g/mol. The van der Waals surface area contributed by atoms with Gasteiger partial charge in [-0.15, -0.1) is 23.1 Å². The number of amides is 2. The topological polar surface area (TPSA) is 71.1 Å². The van der Waals surface area contributed by atoms with Crippen LogP contribution in [0, 0.1) is 6.92 Å². The van der Waals surface area contributed by atoms with Crippen LogP contribution in [0.5, 0.6) is 0 Å². The van der Waals surface area contributed by atoms with E-state index in [0.717, 1.165) is 33.1 Å². The average molecular weight is 426 g/mol. The first-order chi connectivity index (χ1) is 14.0. The molecule has 1 aromatic heterocycles. The second-order valence-electron chi connectivity index (χ2n) is 6.45. The Kier molecular flexibility index (Phi) is 7.43. The van der Waals surface area contributed by atoms with Crippen molar-refractivity contribution >= 4 is 45.7 Å². The Hall–Kier alpha value is -2.64. The van der Waals surface area contributed by atoms with Gasteiger partial charge in [0.25, 0.3) is 0 Å². The molecule has 0 bridgehead atoms. The first kappa shape index (κ1) is 21.1. The van der Waals surface area contributed by atoms with Gasteiger partial charge in [-0.1, -0.05) is 37.3 Å². The quantitative estimate of drug-likeness (QED) is 0.462. The Balaban J connectivity index is 1.52. The van der Waals surface area contributed by atoms with Crippen LogP contribution in [-0.2, 0) is 9.59 Å². The predicted molar refractivity (Wildman–Crippen MR) is 122 cm³/mol. The Morgan fingerprint density at radius 3 is 2.41 bits per heavy atom. The molecule has 1 heterocycles. The van der Waals surface area contributed by atoms with Crippen molar-refractivity contribution in [2.45, 2.75) is 31.6 Å². The highest BCUT2D eigenvalue weighted by atomic mass is 32.2. The lowest BCUT2D eigenvalue weighted by molar-refractivity contribution is -0.116. The lowest BCUT2D eigenvalue weighted by Gasteiger charge is -2.06. The van der Waals surface area contributed by atoms with Gasteiger partial charge in [0.05, 0.1) is 11.4 Å². The number of aromatic nitrogens is 1. The number of nitrogens with zero attached hydrogens (tertiary/aromatic N) is 1. The Morgan fingerprint density at radius 2 is 1.72 bits per heavy atom. The largest absolute Gasteiger partial charge is 0.326 e. The smallest absolute Gasteiger partial charge is 0.236 e. The minimum absolute atomic E-state index is 0.0147. The number of nitrogens with one attached hydrogen (secondary N) is 2. The summed E-state index contributed by atoms with van der Waals surface area (Å²) >= 11 is 2.92. The number of hydrogen-bond donors (Lipinski definition) is 2.